The molecule has 4 heteroatoms. The Hall–Kier alpha value is -1.81. The number of benzene rings is 1. The molecule has 1 aliphatic heterocycles. The van der Waals surface area contributed by atoms with E-state index < -0.39 is 0 Å². The summed E-state index contributed by atoms with van der Waals surface area (Å²) in [7, 11) is 0. The third-order valence-corrected chi connectivity index (χ3v) is 3.61. The molecule has 20 heavy (non-hydrogen) atoms. The average molecular weight is 271 g/mol. The molecule has 0 saturated heterocycles. The maximum atomic E-state index is 13.7. The molecule has 0 bridgehead atoms. The van der Waals surface area contributed by atoms with Gasteiger partial charge in [-0.25, -0.2) is 14.4 Å². The quantitative estimate of drug-likeness (QED) is 0.929. The van der Waals surface area contributed by atoms with Gasteiger partial charge in [0, 0.05) is 30.8 Å². The highest BCUT2D eigenvalue weighted by Gasteiger charge is 2.18. The van der Waals surface area contributed by atoms with Crippen molar-refractivity contribution in [2.45, 2.75) is 39.3 Å². The third-order valence-electron chi connectivity index (χ3n) is 3.61. The van der Waals surface area contributed by atoms with Gasteiger partial charge in [0.1, 0.15) is 11.6 Å². The highest BCUT2D eigenvalue weighted by Crippen LogP contribution is 2.20. The van der Waals surface area contributed by atoms with Gasteiger partial charge in [0.2, 0.25) is 0 Å². The molecule has 2 aromatic rings. The fourth-order valence-corrected chi connectivity index (χ4v) is 2.63. The molecule has 3 rings (SSSR count). The van der Waals surface area contributed by atoms with Crippen LogP contribution in [-0.4, -0.2) is 9.97 Å². The van der Waals surface area contributed by atoms with Crippen LogP contribution in [0.15, 0.2) is 24.3 Å². The summed E-state index contributed by atoms with van der Waals surface area (Å²) < 4.78 is 13.7. The lowest BCUT2D eigenvalue weighted by molar-refractivity contribution is 0.611. The van der Waals surface area contributed by atoms with Crippen LogP contribution >= 0.6 is 0 Å². The second kappa shape index (κ2) is 5.67. The van der Waals surface area contributed by atoms with Gasteiger partial charge in [-0.3, -0.25) is 0 Å². The molecule has 0 radical (unpaired) electrons. The Morgan fingerprint density at radius 2 is 2.05 bits per heavy atom. The monoisotopic (exact) mass is 271 g/mol. The lowest BCUT2D eigenvalue weighted by Crippen LogP contribution is -2.07. The van der Waals surface area contributed by atoms with Crippen LogP contribution in [0.1, 0.15) is 41.7 Å². The Labute approximate surface area is 118 Å². The number of hydrogen-bond acceptors (Lipinski definition) is 3. The summed E-state index contributed by atoms with van der Waals surface area (Å²) in [6.45, 7) is 3.79. The predicted octanol–water partition coefficient (Wildman–Crippen LogP) is 2.76. The van der Waals surface area contributed by atoms with E-state index in [2.05, 4.69) is 22.2 Å². The first-order valence-electron chi connectivity index (χ1n) is 7.09. The van der Waals surface area contributed by atoms with Gasteiger partial charge in [0.15, 0.2) is 0 Å². The van der Waals surface area contributed by atoms with Gasteiger partial charge >= 0.3 is 0 Å². The van der Waals surface area contributed by atoms with E-state index in [1.807, 2.05) is 6.07 Å². The molecule has 0 saturated carbocycles. The van der Waals surface area contributed by atoms with Crippen molar-refractivity contribution in [1.82, 2.24) is 15.3 Å². The molecule has 1 aromatic carbocycles. The minimum atomic E-state index is -0.188. The van der Waals surface area contributed by atoms with Crippen molar-refractivity contribution in [2.75, 3.05) is 0 Å². The van der Waals surface area contributed by atoms with Crippen LogP contribution in [0.3, 0.4) is 0 Å². The Morgan fingerprint density at radius 1 is 1.20 bits per heavy atom. The molecule has 0 atom stereocenters. The topological polar surface area (TPSA) is 37.8 Å². The fraction of sp³-hybridized carbons (Fsp3) is 0.375. The van der Waals surface area contributed by atoms with Gasteiger partial charge in [0.25, 0.3) is 0 Å². The zero-order valence-electron chi connectivity index (χ0n) is 11.6. The Morgan fingerprint density at radius 3 is 2.85 bits per heavy atom. The van der Waals surface area contributed by atoms with Crippen LogP contribution in [0.2, 0.25) is 0 Å². The van der Waals surface area contributed by atoms with Crippen molar-refractivity contribution < 1.29 is 4.39 Å². The summed E-state index contributed by atoms with van der Waals surface area (Å²) >= 11 is 0. The second-order valence-electron chi connectivity index (χ2n) is 5.13. The summed E-state index contributed by atoms with van der Waals surface area (Å²) in [5.41, 5.74) is 4.09. The summed E-state index contributed by atoms with van der Waals surface area (Å²) in [5, 5.41) is 3.31. The van der Waals surface area contributed by atoms with E-state index in [9.17, 15) is 4.39 Å². The van der Waals surface area contributed by atoms with Crippen molar-refractivity contribution >= 4 is 0 Å². The molecule has 1 N–H and O–H groups in total. The van der Waals surface area contributed by atoms with E-state index in [0.29, 0.717) is 12.0 Å². The molecule has 2 heterocycles. The van der Waals surface area contributed by atoms with E-state index in [1.165, 1.54) is 11.6 Å². The van der Waals surface area contributed by atoms with Gasteiger partial charge in [-0.05, 0) is 18.1 Å². The molecule has 0 aliphatic carbocycles. The van der Waals surface area contributed by atoms with Crippen molar-refractivity contribution in [2.24, 2.45) is 0 Å². The van der Waals surface area contributed by atoms with Gasteiger partial charge in [-0.15, -0.1) is 0 Å². The Kier molecular flexibility index (Phi) is 3.74. The van der Waals surface area contributed by atoms with Crippen molar-refractivity contribution in [1.29, 1.82) is 0 Å². The van der Waals surface area contributed by atoms with Crippen LogP contribution in [-0.2, 0) is 25.9 Å². The Bertz CT molecular complexity index is 625. The van der Waals surface area contributed by atoms with Gasteiger partial charge in [0.05, 0.1) is 5.69 Å². The van der Waals surface area contributed by atoms with Crippen LogP contribution in [0.5, 0.6) is 0 Å². The molecule has 0 spiro atoms. The lowest BCUT2D eigenvalue weighted by Gasteiger charge is -2.09. The Balaban J connectivity index is 1.94. The predicted molar refractivity (Wildman–Crippen MR) is 75.8 cm³/mol. The average Bonchev–Trinajstić information content (AvgIpc) is 2.90. The normalized spacial score (nSPS) is 13.5. The number of nitrogens with one attached hydrogen (secondary N) is 1. The van der Waals surface area contributed by atoms with Crippen LogP contribution in [0.25, 0.3) is 0 Å². The van der Waals surface area contributed by atoms with Crippen molar-refractivity contribution in [3.05, 3.63) is 58.4 Å². The standard InChI is InChI=1S/C16H18FN3/c1-2-5-14-12-9-18-10-15(12)20-16(19-14)8-11-6-3-4-7-13(11)17/h3-4,6-7,18H,2,5,8-10H2,1H3. The second-order valence-corrected chi connectivity index (χ2v) is 5.13. The smallest absolute Gasteiger partial charge is 0.133 e. The molecule has 1 aromatic heterocycles. The zero-order chi connectivity index (χ0) is 13.9. The molecule has 0 unspecified atom stereocenters. The number of halogens is 1. The third kappa shape index (κ3) is 2.56. The van der Waals surface area contributed by atoms with Gasteiger partial charge in [-0.2, -0.15) is 0 Å². The molecule has 0 amide bonds. The molecule has 0 fully saturated rings. The summed E-state index contributed by atoms with van der Waals surface area (Å²) in [4.78, 5) is 9.25. The first-order chi connectivity index (χ1) is 9.78. The SMILES string of the molecule is CCCc1nc(Cc2ccccc2F)nc2c1CNC2. The highest BCUT2D eigenvalue weighted by molar-refractivity contribution is 5.31. The summed E-state index contributed by atoms with van der Waals surface area (Å²) in [5.74, 6) is 0.535. The number of rotatable bonds is 4. The number of hydrogen-bond donors (Lipinski definition) is 1. The van der Waals surface area contributed by atoms with Gasteiger partial charge < -0.3 is 5.32 Å². The zero-order valence-corrected chi connectivity index (χ0v) is 11.6. The summed E-state index contributed by atoms with van der Waals surface area (Å²) in [6.07, 6.45) is 2.47. The lowest BCUT2D eigenvalue weighted by atomic mass is 10.1. The minimum Gasteiger partial charge on any atom is -0.307 e. The molecular weight excluding hydrogens is 253 g/mol. The van der Waals surface area contributed by atoms with Crippen molar-refractivity contribution in [3.8, 4) is 0 Å². The number of fused-ring (bicyclic) bond motifs is 1. The maximum Gasteiger partial charge on any atom is 0.133 e. The maximum absolute atomic E-state index is 13.7. The van der Waals surface area contributed by atoms with Crippen LogP contribution < -0.4 is 5.32 Å². The van der Waals surface area contributed by atoms with E-state index in [4.69, 9.17) is 0 Å². The molecule has 3 nitrogen and oxygen atoms in total. The molecule has 1 aliphatic rings. The van der Waals surface area contributed by atoms with E-state index in [-0.39, 0.29) is 5.82 Å². The largest absolute Gasteiger partial charge is 0.307 e. The number of aryl methyl sites for hydroxylation is 1. The molecule has 104 valence electrons. The number of nitrogens with zero attached hydrogens (tertiary/aromatic N) is 2. The van der Waals surface area contributed by atoms with Crippen LogP contribution in [0, 0.1) is 5.82 Å². The van der Waals surface area contributed by atoms with Crippen LogP contribution in [0.4, 0.5) is 4.39 Å². The number of aromatic nitrogens is 2. The van der Waals surface area contributed by atoms with E-state index in [1.54, 1.807) is 12.1 Å². The minimum absolute atomic E-state index is 0.188. The van der Waals surface area contributed by atoms with Gasteiger partial charge in [-0.1, -0.05) is 31.5 Å². The first-order valence-corrected chi connectivity index (χ1v) is 7.09. The summed E-state index contributed by atoms with van der Waals surface area (Å²) in [6, 6.07) is 6.83. The highest BCUT2D eigenvalue weighted by atomic mass is 19.1. The molecular formula is C16H18FN3. The fourth-order valence-electron chi connectivity index (χ4n) is 2.63. The van der Waals surface area contributed by atoms with E-state index in [0.717, 1.165) is 43.1 Å². The van der Waals surface area contributed by atoms with E-state index >= 15 is 0 Å². The first kappa shape index (κ1) is 13.2. The van der Waals surface area contributed by atoms with Crippen molar-refractivity contribution in [3.63, 3.8) is 0 Å².